The van der Waals surface area contributed by atoms with Crippen molar-refractivity contribution in [3.63, 3.8) is 0 Å². The molecule has 0 atom stereocenters. The maximum atomic E-state index is 12.5. The van der Waals surface area contributed by atoms with Gasteiger partial charge in [-0.15, -0.1) is 0 Å². The van der Waals surface area contributed by atoms with E-state index in [0.29, 0.717) is 52.6 Å². The molecule has 0 radical (unpaired) electrons. The minimum absolute atomic E-state index is 0.140. The number of nitrogens with zero attached hydrogens (tertiary/aromatic N) is 4. The van der Waals surface area contributed by atoms with Gasteiger partial charge in [-0.25, -0.2) is 9.97 Å². The Morgan fingerprint density at radius 3 is 2.67 bits per heavy atom. The molecule has 1 amide bonds. The van der Waals surface area contributed by atoms with E-state index < -0.39 is 0 Å². The molecule has 43 heavy (non-hydrogen) atoms. The van der Waals surface area contributed by atoms with E-state index in [-0.39, 0.29) is 12.3 Å². The molecular weight excluding hydrogens is 586 g/mol. The summed E-state index contributed by atoms with van der Waals surface area (Å²) >= 11 is 10.7. The SMILES string of the molecule is CN(C)CCOc1ccc(-c2c[nH]c3ncnc(Nc4ccc(OCc5ccccn5)c(Cl)c4)c23)cc1NC(=O)CCS. The smallest absolute Gasteiger partial charge is 0.225 e. The highest BCUT2D eigenvalue weighted by molar-refractivity contribution is 7.80. The Bertz CT molecular complexity index is 1700. The average molecular weight is 618 g/mol. The van der Waals surface area contributed by atoms with Crippen LogP contribution in [0.4, 0.5) is 17.2 Å². The lowest BCUT2D eigenvalue weighted by molar-refractivity contribution is -0.115. The summed E-state index contributed by atoms with van der Waals surface area (Å²) in [6.45, 7) is 1.53. The van der Waals surface area contributed by atoms with Crippen LogP contribution in [-0.2, 0) is 11.4 Å². The zero-order chi connectivity index (χ0) is 30.2. The average Bonchev–Trinajstić information content (AvgIpc) is 3.43. The van der Waals surface area contributed by atoms with Gasteiger partial charge in [0.25, 0.3) is 0 Å². The van der Waals surface area contributed by atoms with Gasteiger partial charge in [-0.3, -0.25) is 9.78 Å². The van der Waals surface area contributed by atoms with Crippen molar-refractivity contribution in [3.05, 3.63) is 84.0 Å². The number of pyridine rings is 1. The number of thiol groups is 1. The molecule has 222 valence electrons. The normalized spacial score (nSPS) is 11.1. The summed E-state index contributed by atoms with van der Waals surface area (Å²) in [6, 6.07) is 16.8. The number of amides is 1. The monoisotopic (exact) mass is 617 g/mol. The highest BCUT2D eigenvalue weighted by Gasteiger charge is 2.17. The number of nitrogens with one attached hydrogen (secondary N) is 3. The van der Waals surface area contributed by atoms with Gasteiger partial charge in [-0.05, 0) is 67.9 Å². The summed E-state index contributed by atoms with van der Waals surface area (Å²) in [5.41, 5.74) is 4.47. The molecule has 12 heteroatoms. The molecule has 0 bridgehead atoms. The summed E-state index contributed by atoms with van der Waals surface area (Å²) < 4.78 is 11.9. The number of H-pyrrole nitrogens is 1. The Labute approximate surface area is 260 Å². The maximum absolute atomic E-state index is 12.5. The summed E-state index contributed by atoms with van der Waals surface area (Å²) in [6.07, 6.45) is 5.37. The molecule has 0 aliphatic rings. The van der Waals surface area contributed by atoms with E-state index >= 15 is 0 Å². The minimum atomic E-state index is -0.140. The number of carbonyl (C=O) groups is 1. The first kappa shape index (κ1) is 30.1. The summed E-state index contributed by atoms with van der Waals surface area (Å²) in [5, 5.41) is 7.57. The molecule has 0 unspecified atom stereocenters. The second-order valence-corrected chi connectivity index (χ2v) is 10.8. The second-order valence-electron chi connectivity index (χ2n) is 9.91. The third kappa shape index (κ3) is 7.75. The van der Waals surface area contributed by atoms with Gasteiger partial charge < -0.3 is 30.0 Å². The van der Waals surface area contributed by atoms with E-state index in [4.69, 9.17) is 21.1 Å². The number of likely N-dealkylation sites (N-methyl/N-ethyl adjacent to an activating group) is 1. The quantitative estimate of drug-likeness (QED) is 0.116. The number of halogens is 1. The van der Waals surface area contributed by atoms with Crippen molar-refractivity contribution in [2.24, 2.45) is 0 Å². The number of rotatable bonds is 13. The van der Waals surface area contributed by atoms with Crippen LogP contribution in [0.25, 0.3) is 22.2 Å². The van der Waals surface area contributed by atoms with Gasteiger partial charge in [-0.1, -0.05) is 23.7 Å². The van der Waals surface area contributed by atoms with Crippen molar-refractivity contribution in [3.8, 4) is 22.6 Å². The van der Waals surface area contributed by atoms with Gasteiger partial charge in [0.15, 0.2) is 0 Å². The fourth-order valence-electron chi connectivity index (χ4n) is 4.33. The predicted octanol–water partition coefficient (Wildman–Crippen LogP) is 6.19. The van der Waals surface area contributed by atoms with Crippen LogP contribution in [0.2, 0.25) is 5.02 Å². The molecule has 0 fully saturated rings. The number of hydrogen-bond acceptors (Lipinski definition) is 9. The number of aromatic amines is 1. The number of aromatic nitrogens is 4. The Morgan fingerprint density at radius 2 is 1.91 bits per heavy atom. The van der Waals surface area contributed by atoms with Crippen LogP contribution in [-0.4, -0.2) is 63.7 Å². The van der Waals surface area contributed by atoms with Crippen LogP contribution in [0.3, 0.4) is 0 Å². The topological polar surface area (TPSA) is 117 Å². The molecule has 0 saturated carbocycles. The molecule has 0 spiro atoms. The van der Waals surface area contributed by atoms with Crippen molar-refractivity contribution < 1.29 is 14.3 Å². The number of anilines is 3. The van der Waals surface area contributed by atoms with Crippen LogP contribution in [0.1, 0.15) is 12.1 Å². The predicted molar refractivity (Wildman–Crippen MR) is 174 cm³/mol. The standard InChI is InChI=1S/C31H32ClN7O3S/c1-39(2)12-13-41-27-8-6-20(15-25(27)38-28(40)10-14-43)23-17-34-30-29(23)31(36-19-35-30)37-21-7-9-26(24(32)16-21)42-18-22-5-3-4-11-33-22/h3-9,11,15-17,19,43H,10,12-14,18H2,1-2H3,(H,38,40)(H2,34,35,36,37). The van der Waals surface area contributed by atoms with E-state index in [0.717, 1.165) is 34.4 Å². The molecule has 0 aliphatic carbocycles. The van der Waals surface area contributed by atoms with Crippen molar-refractivity contribution in [2.75, 3.05) is 43.6 Å². The summed E-state index contributed by atoms with van der Waals surface area (Å²) in [4.78, 5) is 31.0. The summed E-state index contributed by atoms with van der Waals surface area (Å²) in [5.74, 6) is 2.03. The summed E-state index contributed by atoms with van der Waals surface area (Å²) in [7, 11) is 3.96. The lowest BCUT2D eigenvalue weighted by Gasteiger charge is -2.16. The van der Waals surface area contributed by atoms with Crippen molar-refractivity contribution in [1.82, 2.24) is 24.8 Å². The highest BCUT2D eigenvalue weighted by Crippen LogP contribution is 2.38. The maximum Gasteiger partial charge on any atom is 0.225 e. The van der Waals surface area contributed by atoms with Crippen LogP contribution in [0, 0.1) is 0 Å². The van der Waals surface area contributed by atoms with E-state index in [1.54, 1.807) is 18.3 Å². The lowest BCUT2D eigenvalue weighted by atomic mass is 10.0. The van der Waals surface area contributed by atoms with Gasteiger partial charge >= 0.3 is 0 Å². The van der Waals surface area contributed by atoms with Gasteiger partial charge in [0.05, 0.1) is 21.8 Å². The Hall–Kier alpha value is -4.32. The van der Waals surface area contributed by atoms with E-state index in [9.17, 15) is 4.79 Å². The van der Waals surface area contributed by atoms with Crippen molar-refractivity contribution in [2.45, 2.75) is 13.0 Å². The van der Waals surface area contributed by atoms with Gasteiger partial charge in [0.1, 0.15) is 42.5 Å². The first-order valence-corrected chi connectivity index (χ1v) is 14.7. The third-order valence-electron chi connectivity index (χ3n) is 6.47. The van der Waals surface area contributed by atoms with Crippen LogP contribution in [0.5, 0.6) is 11.5 Å². The molecule has 5 aromatic rings. The highest BCUT2D eigenvalue weighted by atomic mass is 35.5. The molecule has 3 aromatic heterocycles. The molecule has 5 rings (SSSR count). The van der Waals surface area contributed by atoms with Crippen molar-refractivity contribution >= 4 is 58.4 Å². The Morgan fingerprint density at radius 1 is 1.05 bits per heavy atom. The van der Waals surface area contributed by atoms with Gasteiger partial charge in [0.2, 0.25) is 5.91 Å². The zero-order valence-corrected chi connectivity index (χ0v) is 25.5. The number of carbonyl (C=O) groups excluding carboxylic acids is 1. The Kier molecular flexibility index (Phi) is 9.98. The van der Waals surface area contributed by atoms with E-state index in [1.165, 1.54) is 6.33 Å². The first-order valence-electron chi connectivity index (χ1n) is 13.7. The van der Waals surface area contributed by atoms with E-state index in [1.807, 2.05) is 67.7 Å². The molecule has 0 saturated heterocycles. The molecular formula is C31H32ClN7O3S. The third-order valence-corrected chi connectivity index (χ3v) is 6.98. The molecule has 10 nitrogen and oxygen atoms in total. The minimum Gasteiger partial charge on any atom is -0.490 e. The number of benzene rings is 2. The van der Waals surface area contributed by atoms with E-state index in [2.05, 4.69) is 43.2 Å². The fraction of sp³-hybridized carbons (Fsp3) is 0.226. The largest absolute Gasteiger partial charge is 0.490 e. The first-order chi connectivity index (χ1) is 20.9. The fourth-order valence-corrected chi connectivity index (χ4v) is 4.76. The number of ether oxygens (including phenoxy) is 2. The van der Waals surface area contributed by atoms with Gasteiger partial charge in [-0.2, -0.15) is 12.6 Å². The Balaban J connectivity index is 1.41. The molecule has 3 N–H and O–H groups in total. The molecule has 2 aromatic carbocycles. The lowest BCUT2D eigenvalue weighted by Crippen LogP contribution is -2.20. The van der Waals surface area contributed by atoms with Crippen LogP contribution < -0.4 is 20.1 Å². The molecule has 3 heterocycles. The second kappa shape index (κ2) is 14.2. The van der Waals surface area contributed by atoms with Crippen LogP contribution >= 0.6 is 24.2 Å². The molecule has 0 aliphatic heterocycles. The number of hydrogen-bond donors (Lipinski definition) is 4. The van der Waals surface area contributed by atoms with Crippen LogP contribution in [0.15, 0.2) is 73.3 Å². The zero-order valence-electron chi connectivity index (χ0n) is 23.8. The van der Waals surface area contributed by atoms with Gasteiger partial charge in [0, 0.05) is 36.6 Å². The number of fused-ring (bicyclic) bond motifs is 1. The van der Waals surface area contributed by atoms with Crippen molar-refractivity contribution in [1.29, 1.82) is 0 Å².